The Morgan fingerprint density at radius 3 is 2.58 bits per heavy atom. The van der Waals surface area contributed by atoms with E-state index in [9.17, 15) is 19.7 Å². The molecular formula is C22H20N4O5. The van der Waals surface area contributed by atoms with Gasteiger partial charge in [-0.1, -0.05) is 18.2 Å². The highest BCUT2D eigenvalue weighted by Gasteiger charge is 2.23. The number of esters is 1. The molecule has 1 aliphatic heterocycles. The van der Waals surface area contributed by atoms with Crippen molar-refractivity contribution in [3.8, 4) is 16.9 Å². The molecular weight excluding hydrogens is 400 g/mol. The molecule has 2 heterocycles. The standard InChI is InChI=1S/C22H20N4O5/c27-20-11-8-17(23-20)14-31-21(28)12-16-13-25(18-4-2-1-3-5-18)24-22(16)15-6-9-19(10-7-15)26(29)30/h1-7,9-10,13,17H,8,11-12,14H2,(H,23,27). The van der Waals surface area contributed by atoms with E-state index in [0.717, 1.165) is 5.69 Å². The Hall–Kier alpha value is -4.01. The van der Waals surface area contributed by atoms with Gasteiger partial charge < -0.3 is 10.1 Å². The van der Waals surface area contributed by atoms with E-state index < -0.39 is 10.9 Å². The number of para-hydroxylation sites is 1. The summed E-state index contributed by atoms with van der Waals surface area (Å²) in [4.78, 5) is 34.2. The van der Waals surface area contributed by atoms with E-state index in [4.69, 9.17) is 4.74 Å². The van der Waals surface area contributed by atoms with E-state index in [1.807, 2.05) is 30.3 Å². The van der Waals surface area contributed by atoms with Crippen molar-refractivity contribution in [3.63, 3.8) is 0 Å². The third-order valence-corrected chi connectivity index (χ3v) is 5.03. The van der Waals surface area contributed by atoms with E-state index in [1.165, 1.54) is 12.1 Å². The lowest BCUT2D eigenvalue weighted by atomic mass is 10.1. The smallest absolute Gasteiger partial charge is 0.310 e. The van der Waals surface area contributed by atoms with Crippen LogP contribution in [0.2, 0.25) is 0 Å². The van der Waals surface area contributed by atoms with E-state index >= 15 is 0 Å². The van der Waals surface area contributed by atoms with Crippen LogP contribution in [0.5, 0.6) is 0 Å². The summed E-state index contributed by atoms with van der Waals surface area (Å²) in [5, 5.41) is 18.3. The lowest BCUT2D eigenvalue weighted by Gasteiger charge is -2.10. The minimum atomic E-state index is -0.466. The molecule has 3 aromatic rings. The molecule has 1 atom stereocenters. The zero-order chi connectivity index (χ0) is 21.8. The molecule has 1 fully saturated rings. The van der Waals surface area contributed by atoms with Crippen molar-refractivity contribution in [2.45, 2.75) is 25.3 Å². The van der Waals surface area contributed by atoms with Crippen molar-refractivity contribution >= 4 is 17.6 Å². The van der Waals surface area contributed by atoms with Crippen molar-refractivity contribution in [1.82, 2.24) is 15.1 Å². The largest absolute Gasteiger partial charge is 0.463 e. The van der Waals surface area contributed by atoms with E-state index in [1.54, 1.807) is 23.0 Å². The Kier molecular flexibility index (Phi) is 5.74. The Morgan fingerprint density at radius 1 is 1.19 bits per heavy atom. The number of aromatic nitrogens is 2. The van der Waals surface area contributed by atoms with E-state index in [-0.39, 0.29) is 30.7 Å². The molecule has 0 bridgehead atoms. The van der Waals surface area contributed by atoms with Gasteiger partial charge in [0.05, 0.1) is 28.8 Å². The molecule has 9 nitrogen and oxygen atoms in total. The second-order valence-electron chi connectivity index (χ2n) is 7.25. The molecule has 0 radical (unpaired) electrons. The maximum Gasteiger partial charge on any atom is 0.310 e. The summed E-state index contributed by atoms with van der Waals surface area (Å²) in [6.07, 6.45) is 2.83. The molecule has 2 aromatic carbocycles. The van der Waals surface area contributed by atoms with Gasteiger partial charge in [0.25, 0.3) is 5.69 Å². The van der Waals surface area contributed by atoms with Crippen molar-refractivity contribution < 1.29 is 19.2 Å². The molecule has 31 heavy (non-hydrogen) atoms. The van der Waals surface area contributed by atoms with Crippen molar-refractivity contribution in [1.29, 1.82) is 0 Å². The van der Waals surface area contributed by atoms with Crippen LogP contribution in [-0.2, 0) is 20.7 Å². The molecule has 1 aromatic heterocycles. The first-order valence-corrected chi connectivity index (χ1v) is 9.83. The van der Waals surface area contributed by atoms with Gasteiger partial charge in [-0.2, -0.15) is 5.10 Å². The first-order valence-electron chi connectivity index (χ1n) is 9.83. The molecule has 1 N–H and O–H groups in total. The summed E-state index contributed by atoms with van der Waals surface area (Å²) >= 11 is 0. The lowest BCUT2D eigenvalue weighted by Crippen LogP contribution is -2.31. The summed E-state index contributed by atoms with van der Waals surface area (Å²) in [5.74, 6) is -0.470. The number of carbonyl (C=O) groups is 2. The minimum Gasteiger partial charge on any atom is -0.463 e. The fourth-order valence-electron chi connectivity index (χ4n) is 3.44. The highest BCUT2D eigenvalue weighted by atomic mass is 16.6. The Labute approximate surface area is 177 Å². The Bertz CT molecular complexity index is 1110. The second-order valence-corrected chi connectivity index (χ2v) is 7.25. The van der Waals surface area contributed by atoms with Crippen LogP contribution in [0.3, 0.4) is 0 Å². The van der Waals surface area contributed by atoms with E-state index in [2.05, 4.69) is 10.4 Å². The number of nitro groups is 1. The van der Waals surface area contributed by atoms with Gasteiger partial charge in [0.2, 0.25) is 5.91 Å². The third-order valence-electron chi connectivity index (χ3n) is 5.03. The predicted molar refractivity (Wildman–Crippen MR) is 111 cm³/mol. The van der Waals surface area contributed by atoms with Crippen LogP contribution in [0.15, 0.2) is 60.8 Å². The van der Waals surface area contributed by atoms with Crippen LogP contribution in [0.25, 0.3) is 16.9 Å². The lowest BCUT2D eigenvalue weighted by molar-refractivity contribution is -0.384. The van der Waals surface area contributed by atoms with Crippen molar-refractivity contribution in [2.75, 3.05) is 6.61 Å². The number of nitrogens with one attached hydrogen (secondary N) is 1. The van der Waals surface area contributed by atoms with Crippen LogP contribution in [0.1, 0.15) is 18.4 Å². The van der Waals surface area contributed by atoms with Gasteiger partial charge in [-0.15, -0.1) is 0 Å². The number of benzene rings is 2. The zero-order valence-corrected chi connectivity index (χ0v) is 16.6. The van der Waals surface area contributed by atoms with Gasteiger partial charge in [0.15, 0.2) is 0 Å². The average molecular weight is 420 g/mol. The number of hydrogen-bond acceptors (Lipinski definition) is 6. The molecule has 4 rings (SSSR count). The summed E-state index contributed by atoms with van der Waals surface area (Å²) in [5.41, 5.74) is 2.64. The molecule has 0 aliphatic carbocycles. The SMILES string of the molecule is O=C1CCC(COC(=O)Cc2cn(-c3ccccc3)nc2-c2ccc([N+](=O)[O-])cc2)N1. The van der Waals surface area contributed by atoms with Crippen molar-refractivity contribution in [2.24, 2.45) is 0 Å². The van der Waals surface area contributed by atoms with Gasteiger partial charge >= 0.3 is 5.97 Å². The number of amides is 1. The minimum absolute atomic E-state index is 0.0141. The van der Waals surface area contributed by atoms with Crippen LogP contribution in [0, 0.1) is 10.1 Å². The fraction of sp³-hybridized carbons (Fsp3) is 0.227. The van der Waals surface area contributed by atoms with Crippen LogP contribution >= 0.6 is 0 Å². The molecule has 1 aliphatic rings. The molecule has 0 spiro atoms. The number of ether oxygens (including phenoxy) is 1. The van der Waals surface area contributed by atoms with E-state index in [0.29, 0.717) is 29.7 Å². The van der Waals surface area contributed by atoms with Crippen molar-refractivity contribution in [3.05, 3.63) is 76.5 Å². The van der Waals surface area contributed by atoms with Crippen LogP contribution in [-0.4, -0.2) is 39.2 Å². The number of rotatable bonds is 7. The summed E-state index contributed by atoms with van der Waals surface area (Å²) < 4.78 is 7.02. The molecule has 9 heteroatoms. The highest BCUT2D eigenvalue weighted by molar-refractivity contribution is 5.79. The number of non-ortho nitro benzene ring substituents is 1. The highest BCUT2D eigenvalue weighted by Crippen LogP contribution is 2.26. The van der Waals surface area contributed by atoms with Gasteiger partial charge in [-0.25, -0.2) is 4.68 Å². The number of hydrogen-bond donors (Lipinski definition) is 1. The first kappa shape index (κ1) is 20.3. The molecule has 0 saturated carbocycles. The number of carbonyl (C=O) groups excluding carboxylic acids is 2. The van der Waals surface area contributed by atoms with Gasteiger partial charge in [0.1, 0.15) is 6.61 Å². The maximum atomic E-state index is 12.5. The average Bonchev–Trinajstić information content (AvgIpc) is 3.39. The molecule has 1 saturated heterocycles. The summed E-state index contributed by atoms with van der Waals surface area (Å²) in [6, 6.07) is 15.3. The predicted octanol–water partition coefficient (Wildman–Crippen LogP) is 2.81. The second kappa shape index (κ2) is 8.78. The van der Waals surface area contributed by atoms with Gasteiger partial charge in [-0.3, -0.25) is 19.7 Å². The number of nitro benzene ring substituents is 1. The van der Waals surface area contributed by atoms with Crippen LogP contribution < -0.4 is 5.32 Å². The fourth-order valence-corrected chi connectivity index (χ4v) is 3.44. The quantitative estimate of drug-likeness (QED) is 0.357. The Balaban J connectivity index is 1.57. The van der Waals surface area contributed by atoms with Crippen LogP contribution in [0.4, 0.5) is 5.69 Å². The molecule has 158 valence electrons. The first-order chi connectivity index (χ1) is 15.0. The topological polar surface area (TPSA) is 116 Å². The normalized spacial score (nSPS) is 15.5. The zero-order valence-electron chi connectivity index (χ0n) is 16.6. The molecule has 1 unspecified atom stereocenters. The Morgan fingerprint density at radius 2 is 1.94 bits per heavy atom. The molecule has 1 amide bonds. The van der Waals surface area contributed by atoms with Gasteiger partial charge in [0, 0.05) is 35.9 Å². The monoisotopic (exact) mass is 420 g/mol. The maximum absolute atomic E-state index is 12.5. The summed E-state index contributed by atoms with van der Waals surface area (Å²) in [6.45, 7) is 0.129. The number of nitrogens with zero attached hydrogens (tertiary/aromatic N) is 3. The van der Waals surface area contributed by atoms with Gasteiger partial charge in [-0.05, 0) is 30.7 Å². The third kappa shape index (κ3) is 4.77. The summed E-state index contributed by atoms with van der Waals surface area (Å²) in [7, 11) is 0.